The van der Waals surface area contributed by atoms with Gasteiger partial charge in [-0.05, 0) is 32.6 Å². The number of nitrogens with zero attached hydrogens (tertiary/aromatic N) is 2. The number of hydrogen-bond acceptors (Lipinski definition) is 7. The number of pyridine rings is 1. The van der Waals surface area contributed by atoms with Crippen molar-refractivity contribution in [3.05, 3.63) is 38.4 Å². The number of halogens is 3. The van der Waals surface area contributed by atoms with Crippen molar-refractivity contribution in [3.8, 4) is 0 Å². The average molecular weight is 541 g/mol. The van der Waals surface area contributed by atoms with Crippen molar-refractivity contribution in [1.82, 2.24) is 4.57 Å². The van der Waals surface area contributed by atoms with Crippen LogP contribution in [0.3, 0.4) is 0 Å². The molecule has 204 valence electrons. The van der Waals surface area contributed by atoms with E-state index in [4.69, 9.17) is 27.8 Å². The number of carbonyl (C=O) groups excluding carboxylic acids is 1. The molecular weight excluding hydrogens is 506 g/mol. The third-order valence-electron chi connectivity index (χ3n) is 8.14. The summed E-state index contributed by atoms with van der Waals surface area (Å²) in [5, 5.41) is 10.0. The predicted molar refractivity (Wildman–Crippen MR) is 140 cm³/mol. The third-order valence-corrected chi connectivity index (χ3v) is 8.49. The largest absolute Gasteiger partial charge is 0.462 e. The van der Waals surface area contributed by atoms with Gasteiger partial charge in [0.1, 0.15) is 11.7 Å². The van der Waals surface area contributed by atoms with E-state index in [1.165, 1.54) is 13.1 Å². The monoisotopic (exact) mass is 540 g/mol. The molecule has 0 bridgehead atoms. The van der Waals surface area contributed by atoms with Crippen LogP contribution in [0.5, 0.6) is 0 Å². The molecule has 2 fully saturated rings. The van der Waals surface area contributed by atoms with Crippen LogP contribution in [-0.4, -0.2) is 59.7 Å². The molecule has 1 saturated carbocycles. The predicted octanol–water partition coefficient (Wildman–Crippen LogP) is 3.06. The second-order valence-corrected chi connectivity index (χ2v) is 11.1. The number of benzene rings is 1. The van der Waals surface area contributed by atoms with Gasteiger partial charge in [0.05, 0.1) is 33.8 Å². The Morgan fingerprint density at radius 3 is 2.57 bits per heavy atom. The van der Waals surface area contributed by atoms with Gasteiger partial charge in [-0.25, -0.2) is 13.6 Å². The van der Waals surface area contributed by atoms with Crippen LogP contribution in [-0.2, 0) is 4.74 Å². The summed E-state index contributed by atoms with van der Waals surface area (Å²) >= 11 is 6.88. The fraction of sp³-hybridized carbons (Fsp3) is 0.615. The number of ether oxygens (including phenoxy) is 1. The maximum atomic E-state index is 15.9. The molecule has 1 aliphatic carbocycles. The molecule has 2 aromatic rings. The van der Waals surface area contributed by atoms with E-state index in [0.29, 0.717) is 13.1 Å². The van der Waals surface area contributed by atoms with E-state index in [9.17, 15) is 19.1 Å². The fourth-order valence-corrected chi connectivity index (χ4v) is 5.95. The molecule has 5 N–H and O–H groups in total. The quantitative estimate of drug-likeness (QED) is 0.481. The number of alkyl halides is 1. The summed E-state index contributed by atoms with van der Waals surface area (Å²) in [4.78, 5) is 28.0. The number of aliphatic hydroxyl groups excluding tert-OH is 1. The number of hydrogen-bond donors (Lipinski definition) is 3. The van der Waals surface area contributed by atoms with Gasteiger partial charge in [0.2, 0.25) is 5.43 Å². The maximum absolute atomic E-state index is 15.9. The van der Waals surface area contributed by atoms with Crippen molar-refractivity contribution in [2.24, 2.45) is 23.3 Å². The topological polar surface area (TPSA) is 124 Å². The summed E-state index contributed by atoms with van der Waals surface area (Å²) in [5.74, 6) is -1.95. The van der Waals surface area contributed by atoms with Crippen molar-refractivity contribution >= 4 is 34.2 Å². The Kier molecular flexibility index (Phi) is 7.60. The molecule has 1 saturated heterocycles. The first-order valence-corrected chi connectivity index (χ1v) is 13.0. The molecule has 0 radical (unpaired) electrons. The van der Waals surface area contributed by atoms with Gasteiger partial charge >= 0.3 is 5.97 Å². The number of aromatic nitrogens is 1. The normalized spacial score (nSPS) is 25.4. The van der Waals surface area contributed by atoms with Crippen LogP contribution in [0.1, 0.15) is 55.6 Å². The second-order valence-electron chi connectivity index (χ2n) is 10.7. The fourth-order valence-electron chi connectivity index (χ4n) is 5.56. The first-order valence-electron chi connectivity index (χ1n) is 12.6. The molecule has 2 aliphatic rings. The molecular formula is C26H35ClF2N4O4. The number of rotatable bonds is 6. The third kappa shape index (κ3) is 4.51. The summed E-state index contributed by atoms with van der Waals surface area (Å²) < 4.78 is 37.0. The van der Waals surface area contributed by atoms with Gasteiger partial charge in [0.15, 0.2) is 5.82 Å². The molecule has 4 atom stereocenters. The first kappa shape index (κ1) is 27.8. The summed E-state index contributed by atoms with van der Waals surface area (Å²) in [6.45, 7) is 7.49. The molecule has 1 aromatic carbocycles. The summed E-state index contributed by atoms with van der Waals surface area (Å²) in [6.07, 6.45) is 0.123. The van der Waals surface area contributed by atoms with Crippen LogP contribution < -0.4 is 21.8 Å². The van der Waals surface area contributed by atoms with Gasteiger partial charge in [-0.15, -0.1) is 0 Å². The first-order chi connectivity index (χ1) is 17.4. The zero-order valence-electron chi connectivity index (χ0n) is 21.6. The Morgan fingerprint density at radius 2 is 2.00 bits per heavy atom. The summed E-state index contributed by atoms with van der Waals surface area (Å²) in [7, 11) is 0. The number of aliphatic hydroxyl groups is 1. The van der Waals surface area contributed by atoms with Crippen LogP contribution in [0.15, 0.2) is 11.0 Å². The van der Waals surface area contributed by atoms with E-state index in [-0.39, 0.29) is 64.7 Å². The lowest BCUT2D eigenvalue weighted by atomic mass is 9.79. The van der Waals surface area contributed by atoms with Crippen LogP contribution in [0.4, 0.5) is 14.5 Å². The molecule has 3 unspecified atom stereocenters. The Hall–Kier alpha value is -2.27. The lowest BCUT2D eigenvalue weighted by Gasteiger charge is -2.52. The molecule has 1 aliphatic heterocycles. The molecule has 1 aromatic heterocycles. The Balaban J connectivity index is 2.01. The zero-order chi connectivity index (χ0) is 27.4. The number of nitrogens with two attached hydrogens (primary N) is 2. The van der Waals surface area contributed by atoms with Crippen LogP contribution in [0.2, 0.25) is 5.02 Å². The lowest BCUT2D eigenvalue weighted by molar-refractivity contribution is 0.0521. The minimum absolute atomic E-state index is 0.00838. The summed E-state index contributed by atoms with van der Waals surface area (Å²) in [5.41, 5.74) is 11.4. The van der Waals surface area contributed by atoms with Crippen molar-refractivity contribution in [2.75, 3.05) is 31.2 Å². The molecule has 0 amide bonds. The summed E-state index contributed by atoms with van der Waals surface area (Å²) in [6, 6.07) is -1.42. The molecule has 0 spiro atoms. The Labute approximate surface area is 219 Å². The lowest BCUT2D eigenvalue weighted by Crippen LogP contribution is -2.70. The highest BCUT2D eigenvalue weighted by Crippen LogP contribution is 2.45. The van der Waals surface area contributed by atoms with Crippen molar-refractivity contribution in [3.63, 3.8) is 0 Å². The van der Waals surface area contributed by atoms with Gasteiger partial charge < -0.3 is 30.8 Å². The average Bonchev–Trinajstić information content (AvgIpc) is 2.82. The van der Waals surface area contributed by atoms with Crippen LogP contribution in [0.25, 0.3) is 10.9 Å². The van der Waals surface area contributed by atoms with E-state index in [2.05, 4.69) is 0 Å². The van der Waals surface area contributed by atoms with Crippen molar-refractivity contribution in [2.45, 2.75) is 64.3 Å². The van der Waals surface area contributed by atoms with Crippen molar-refractivity contribution in [1.29, 1.82) is 0 Å². The second kappa shape index (κ2) is 10.1. The number of aryl methyl sites for hydroxylation is 1. The molecule has 2 heterocycles. The van der Waals surface area contributed by atoms with Crippen LogP contribution in [0, 0.1) is 24.6 Å². The van der Waals surface area contributed by atoms with E-state index < -0.39 is 46.9 Å². The number of carbonyl (C=O) groups is 1. The molecule has 37 heavy (non-hydrogen) atoms. The van der Waals surface area contributed by atoms with Gasteiger partial charge in [-0.1, -0.05) is 25.4 Å². The molecule has 8 nitrogen and oxygen atoms in total. The van der Waals surface area contributed by atoms with Gasteiger partial charge in [-0.2, -0.15) is 0 Å². The van der Waals surface area contributed by atoms with Gasteiger partial charge in [0.25, 0.3) is 0 Å². The van der Waals surface area contributed by atoms with E-state index in [1.807, 2.05) is 13.8 Å². The highest BCUT2D eigenvalue weighted by molar-refractivity contribution is 6.38. The highest BCUT2D eigenvalue weighted by atomic mass is 35.5. The standard InChI is InChI=1S/C26H35ClF2N4O4/c1-5-37-25(36)15-8-33(18-7-17(30)16(28)6-14(18)9-34)22-19(24(15)35)13(4)21(29)23(20(22)27)32-10-26(31,11-32)12(2)3/h8,12,14,16-18,34H,5-7,9-11,30-31H2,1-4H3/t14?,16-,17?,18?/m1/s1. The van der Waals surface area contributed by atoms with E-state index in [1.54, 1.807) is 16.4 Å². The van der Waals surface area contributed by atoms with E-state index >= 15 is 4.39 Å². The van der Waals surface area contributed by atoms with E-state index in [0.717, 1.165) is 0 Å². The minimum atomic E-state index is -1.32. The Morgan fingerprint density at radius 1 is 1.35 bits per heavy atom. The SMILES string of the molecule is CCOC(=O)c1cn(C2CC(N)[C@H](F)CC2CO)c2c(Cl)c(N3CC(N)(C(C)C)C3)c(F)c(C)c2c1=O. The molecule has 4 rings (SSSR count). The number of anilines is 1. The maximum Gasteiger partial charge on any atom is 0.343 e. The zero-order valence-corrected chi connectivity index (χ0v) is 22.3. The highest BCUT2D eigenvalue weighted by Gasteiger charge is 2.45. The van der Waals surface area contributed by atoms with Crippen molar-refractivity contribution < 1.29 is 23.4 Å². The van der Waals surface area contributed by atoms with Gasteiger partial charge in [0, 0.05) is 49.5 Å². The number of fused-ring (bicyclic) bond motifs is 1. The smallest absolute Gasteiger partial charge is 0.343 e. The molecule has 11 heteroatoms. The van der Waals surface area contributed by atoms with Crippen LogP contribution >= 0.6 is 11.6 Å². The number of esters is 1. The van der Waals surface area contributed by atoms with Gasteiger partial charge in [-0.3, -0.25) is 4.79 Å². The minimum Gasteiger partial charge on any atom is -0.462 e. The Bertz CT molecular complexity index is 1280.